The van der Waals surface area contributed by atoms with Crippen molar-refractivity contribution in [1.82, 2.24) is 0 Å². The first kappa shape index (κ1) is 21.9. The Bertz CT molecular complexity index is 969. The summed E-state index contributed by atoms with van der Waals surface area (Å²) >= 11 is 0. The molecule has 0 atom stereocenters. The van der Waals surface area contributed by atoms with Crippen LogP contribution in [-0.4, -0.2) is 32.1 Å². The van der Waals surface area contributed by atoms with Crippen LogP contribution in [0.3, 0.4) is 0 Å². The van der Waals surface area contributed by atoms with E-state index in [9.17, 15) is 9.59 Å². The van der Waals surface area contributed by atoms with E-state index in [1.807, 2.05) is 60.7 Å². The maximum atomic E-state index is 12.5. The zero-order chi connectivity index (χ0) is 22.1. The van der Waals surface area contributed by atoms with Crippen molar-refractivity contribution >= 4 is 17.5 Å². The number of rotatable bonds is 10. The predicted molar refractivity (Wildman–Crippen MR) is 117 cm³/mol. The molecule has 0 fully saturated rings. The van der Waals surface area contributed by atoms with Crippen molar-refractivity contribution < 1.29 is 23.8 Å². The summed E-state index contributed by atoms with van der Waals surface area (Å²) in [6.45, 7) is -0.454. The van der Waals surface area contributed by atoms with Crippen LogP contribution in [0.25, 0.3) is 0 Å². The number of ether oxygens (including phenoxy) is 3. The van der Waals surface area contributed by atoms with Gasteiger partial charge in [-0.15, -0.1) is 0 Å². The number of hydrogen-bond acceptors (Lipinski definition) is 5. The van der Waals surface area contributed by atoms with Gasteiger partial charge >= 0.3 is 0 Å². The molecule has 0 spiro atoms. The third-order valence-corrected chi connectivity index (χ3v) is 4.40. The Balaban J connectivity index is 1.68. The summed E-state index contributed by atoms with van der Waals surface area (Å²) in [4.78, 5) is 23.5. The van der Waals surface area contributed by atoms with Gasteiger partial charge in [-0.3, -0.25) is 9.59 Å². The standard InChI is InChI=1S/C24H24N2O5/c1-29-20-13-12-19(14-21(20)30-15-22(25)27)26-23(28)16-31-24(17-8-4-2-5-9-17)18-10-6-3-7-11-18/h2-14,24H,15-16H2,1H3,(H2,25,27)(H,26,28). The fourth-order valence-electron chi connectivity index (χ4n) is 3.01. The van der Waals surface area contributed by atoms with Gasteiger partial charge in [0.25, 0.3) is 5.91 Å². The Morgan fingerprint density at radius 1 is 0.871 bits per heavy atom. The molecule has 3 N–H and O–H groups in total. The van der Waals surface area contributed by atoms with E-state index in [0.717, 1.165) is 11.1 Å². The van der Waals surface area contributed by atoms with Crippen molar-refractivity contribution in [2.24, 2.45) is 5.73 Å². The van der Waals surface area contributed by atoms with Crippen LogP contribution in [-0.2, 0) is 14.3 Å². The van der Waals surface area contributed by atoms with Crippen LogP contribution in [0.15, 0.2) is 78.9 Å². The normalized spacial score (nSPS) is 10.5. The summed E-state index contributed by atoms with van der Waals surface area (Å²) in [5.41, 5.74) is 7.50. The second-order valence-electron chi connectivity index (χ2n) is 6.68. The van der Waals surface area contributed by atoms with Gasteiger partial charge in [0.05, 0.1) is 7.11 Å². The molecule has 3 rings (SSSR count). The summed E-state index contributed by atoms with van der Waals surface area (Å²) in [7, 11) is 1.48. The minimum absolute atomic E-state index is 0.155. The third-order valence-electron chi connectivity index (χ3n) is 4.40. The first-order chi connectivity index (χ1) is 15.1. The molecule has 31 heavy (non-hydrogen) atoms. The van der Waals surface area contributed by atoms with Gasteiger partial charge in [-0.05, 0) is 23.3 Å². The van der Waals surface area contributed by atoms with Gasteiger partial charge in [0.1, 0.15) is 12.7 Å². The molecule has 0 bridgehead atoms. The number of anilines is 1. The van der Waals surface area contributed by atoms with Crippen LogP contribution < -0.4 is 20.5 Å². The SMILES string of the molecule is COc1ccc(NC(=O)COC(c2ccccc2)c2ccccc2)cc1OCC(N)=O. The molecule has 0 aliphatic rings. The molecule has 0 heterocycles. The van der Waals surface area contributed by atoms with Crippen LogP contribution in [0, 0.1) is 0 Å². The molecule has 0 aromatic heterocycles. The third kappa shape index (κ3) is 6.32. The number of amides is 2. The van der Waals surface area contributed by atoms with Gasteiger partial charge in [0, 0.05) is 11.8 Å². The molecule has 0 saturated heterocycles. The predicted octanol–water partition coefficient (Wildman–Crippen LogP) is 3.30. The summed E-state index contributed by atoms with van der Waals surface area (Å²) in [5, 5.41) is 2.76. The number of hydrogen-bond donors (Lipinski definition) is 2. The van der Waals surface area contributed by atoms with E-state index in [1.54, 1.807) is 18.2 Å². The number of benzene rings is 3. The van der Waals surface area contributed by atoms with E-state index in [4.69, 9.17) is 19.9 Å². The number of methoxy groups -OCH3 is 1. The highest BCUT2D eigenvalue weighted by molar-refractivity contribution is 5.92. The number of carbonyl (C=O) groups excluding carboxylic acids is 2. The van der Waals surface area contributed by atoms with Gasteiger partial charge in [0.15, 0.2) is 18.1 Å². The maximum Gasteiger partial charge on any atom is 0.255 e. The first-order valence-corrected chi connectivity index (χ1v) is 9.67. The summed E-state index contributed by atoms with van der Waals surface area (Å²) in [6, 6.07) is 24.3. The Labute approximate surface area is 180 Å². The smallest absolute Gasteiger partial charge is 0.255 e. The van der Waals surface area contributed by atoms with Crippen molar-refractivity contribution in [3.63, 3.8) is 0 Å². The summed E-state index contributed by atoms with van der Waals surface area (Å²) in [6.07, 6.45) is -0.376. The highest BCUT2D eigenvalue weighted by atomic mass is 16.5. The Hall–Kier alpha value is -3.84. The molecule has 7 heteroatoms. The van der Waals surface area contributed by atoms with Crippen molar-refractivity contribution in [3.05, 3.63) is 90.0 Å². The number of nitrogens with one attached hydrogen (secondary N) is 1. The zero-order valence-electron chi connectivity index (χ0n) is 17.1. The molecule has 0 unspecified atom stereocenters. The van der Waals surface area contributed by atoms with E-state index in [-0.39, 0.29) is 25.2 Å². The second kappa shape index (κ2) is 10.8. The van der Waals surface area contributed by atoms with Gasteiger partial charge in [0.2, 0.25) is 5.91 Å². The number of nitrogens with two attached hydrogens (primary N) is 1. The van der Waals surface area contributed by atoms with Crippen LogP contribution in [0.1, 0.15) is 17.2 Å². The average Bonchev–Trinajstić information content (AvgIpc) is 2.79. The van der Waals surface area contributed by atoms with Crippen LogP contribution in [0.5, 0.6) is 11.5 Å². The number of primary amides is 1. The van der Waals surface area contributed by atoms with E-state index in [2.05, 4.69) is 5.32 Å². The van der Waals surface area contributed by atoms with Gasteiger partial charge in [-0.25, -0.2) is 0 Å². The van der Waals surface area contributed by atoms with Crippen molar-refractivity contribution in [2.45, 2.75) is 6.10 Å². The molecule has 0 saturated carbocycles. The monoisotopic (exact) mass is 420 g/mol. The Morgan fingerprint density at radius 3 is 2.03 bits per heavy atom. The topological polar surface area (TPSA) is 99.9 Å². The molecule has 7 nitrogen and oxygen atoms in total. The molecular weight excluding hydrogens is 396 g/mol. The average molecular weight is 420 g/mol. The quantitative estimate of drug-likeness (QED) is 0.524. The molecular formula is C24H24N2O5. The Morgan fingerprint density at radius 2 is 1.48 bits per heavy atom. The van der Waals surface area contributed by atoms with Crippen molar-refractivity contribution in [3.8, 4) is 11.5 Å². The van der Waals surface area contributed by atoms with Crippen LogP contribution >= 0.6 is 0 Å². The number of carbonyl (C=O) groups is 2. The van der Waals surface area contributed by atoms with E-state index in [1.165, 1.54) is 7.11 Å². The molecule has 3 aromatic carbocycles. The lowest BCUT2D eigenvalue weighted by atomic mass is 10.0. The zero-order valence-corrected chi connectivity index (χ0v) is 17.1. The maximum absolute atomic E-state index is 12.5. The van der Waals surface area contributed by atoms with E-state index in [0.29, 0.717) is 17.2 Å². The first-order valence-electron chi connectivity index (χ1n) is 9.67. The molecule has 0 aliphatic carbocycles. The van der Waals surface area contributed by atoms with Crippen LogP contribution in [0.4, 0.5) is 5.69 Å². The van der Waals surface area contributed by atoms with Crippen molar-refractivity contribution in [1.29, 1.82) is 0 Å². The van der Waals surface area contributed by atoms with Gasteiger partial charge < -0.3 is 25.3 Å². The van der Waals surface area contributed by atoms with Gasteiger partial charge in [-0.1, -0.05) is 60.7 Å². The summed E-state index contributed by atoms with van der Waals surface area (Å²) < 4.78 is 16.5. The second-order valence-corrected chi connectivity index (χ2v) is 6.68. The molecule has 0 radical (unpaired) electrons. The molecule has 3 aromatic rings. The van der Waals surface area contributed by atoms with E-state index < -0.39 is 5.91 Å². The highest BCUT2D eigenvalue weighted by Crippen LogP contribution is 2.30. The summed E-state index contributed by atoms with van der Waals surface area (Å²) in [5.74, 6) is -0.226. The van der Waals surface area contributed by atoms with E-state index >= 15 is 0 Å². The molecule has 160 valence electrons. The fraction of sp³-hybridized carbons (Fsp3) is 0.167. The lowest BCUT2D eigenvalue weighted by Gasteiger charge is -2.19. The minimum Gasteiger partial charge on any atom is -0.493 e. The largest absolute Gasteiger partial charge is 0.493 e. The highest BCUT2D eigenvalue weighted by Gasteiger charge is 2.17. The lowest BCUT2D eigenvalue weighted by Crippen LogP contribution is -2.21. The van der Waals surface area contributed by atoms with Crippen molar-refractivity contribution in [2.75, 3.05) is 25.6 Å². The molecule has 0 aliphatic heterocycles. The fourth-order valence-corrected chi connectivity index (χ4v) is 3.01. The molecule has 2 amide bonds. The Kier molecular flexibility index (Phi) is 7.61. The lowest BCUT2D eigenvalue weighted by molar-refractivity contribution is -0.122. The minimum atomic E-state index is -0.613. The van der Waals surface area contributed by atoms with Gasteiger partial charge in [-0.2, -0.15) is 0 Å². The van der Waals surface area contributed by atoms with Crippen LogP contribution in [0.2, 0.25) is 0 Å².